The zero-order valence-electron chi connectivity index (χ0n) is 12.2. The van der Waals surface area contributed by atoms with Gasteiger partial charge in [-0.2, -0.15) is 0 Å². The first-order valence-corrected chi connectivity index (χ1v) is 7.10. The van der Waals surface area contributed by atoms with E-state index in [-0.39, 0.29) is 0 Å². The number of nitrogens with one attached hydrogen (secondary N) is 2. The molecule has 0 spiro atoms. The molecule has 0 aliphatic carbocycles. The molecule has 1 fully saturated rings. The third-order valence-corrected chi connectivity index (χ3v) is 3.86. The number of piperidine rings is 1. The van der Waals surface area contributed by atoms with Crippen LogP contribution in [0.3, 0.4) is 0 Å². The van der Waals surface area contributed by atoms with Gasteiger partial charge in [-0.3, -0.25) is 0 Å². The van der Waals surface area contributed by atoms with E-state index in [4.69, 9.17) is 10.6 Å². The number of nitrogens with zero attached hydrogens (tertiary/aromatic N) is 3. The van der Waals surface area contributed by atoms with E-state index in [1.54, 1.807) is 7.11 Å². The van der Waals surface area contributed by atoms with Crippen molar-refractivity contribution in [1.82, 2.24) is 14.9 Å². The number of anilines is 2. The average Bonchev–Trinajstić information content (AvgIpc) is 2.52. The van der Waals surface area contributed by atoms with Crippen LogP contribution in [0.1, 0.15) is 19.8 Å². The molecule has 2 rings (SSSR count). The van der Waals surface area contributed by atoms with Crippen molar-refractivity contribution in [3.8, 4) is 5.75 Å². The van der Waals surface area contributed by atoms with E-state index in [2.05, 4.69) is 32.5 Å². The van der Waals surface area contributed by atoms with Crippen molar-refractivity contribution < 1.29 is 4.74 Å². The molecule has 20 heavy (non-hydrogen) atoms. The van der Waals surface area contributed by atoms with Gasteiger partial charge in [-0.05, 0) is 38.4 Å². The van der Waals surface area contributed by atoms with Crippen LogP contribution in [-0.2, 0) is 0 Å². The minimum Gasteiger partial charge on any atom is -0.490 e. The van der Waals surface area contributed by atoms with E-state index < -0.39 is 0 Å². The normalized spacial score (nSPS) is 16.9. The fourth-order valence-electron chi connectivity index (χ4n) is 2.54. The Labute approximate surface area is 119 Å². The Morgan fingerprint density at radius 2 is 2.05 bits per heavy atom. The molecule has 0 amide bonds. The van der Waals surface area contributed by atoms with Crippen LogP contribution in [0.4, 0.5) is 11.6 Å². The predicted octanol–water partition coefficient (Wildman–Crippen LogP) is 0.915. The molecule has 7 nitrogen and oxygen atoms in total. The zero-order chi connectivity index (χ0) is 14.4. The standard InChI is InChI=1S/C13H24N6O/c1-3-19-6-4-10(5-7-19)8-15-12-11(20-2)13(18-14)17-9-16-12/h9-10H,3-8,14H2,1-2H3,(H2,15,16,17,18). The van der Waals surface area contributed by atoms with Gasteiger partial charge in [0.25, 0.3) is 0 Å². The molecule has 1 aromatic rings. The Kier molecular flexibility index (Phi) is 5.37. The largest absolute Gasteiger partial charge is 0.490 e. The lowest BCUT2D eigenvalue weighted by molar-refractivity contribution is 0.198. The lowest BCUT2D eigenvalue weighted by Gasteiger charge is -2.31. The highest BCUT2D eigenvalue weighted by molar-refractivity contribution is 5.62. The van der Waals surface area contributed by atoms with Crippen molar-refractivity contribution >= 4 is 11.6 Å². The van der Waals surface area contributed by atoms with E-state index in [9.17, 15) is 0 Å². The summed E-state index contributed by atoms with van der Waals surface area (Å²) < 4.78 is 5.30. The summed E-state index contributed by atoms with van der Waals surface area (Å²) in [4.78, 5) is 10.7. The Bertz CT molecular complexity index is 419. The van der Waals surface area contributed by atoms with Crippen LogP contribution in [-0.4, -0.2) is 48.2 Å². The van der Waals surface area contributed by atoms with Crippen molar-refractivity contribution in [2.45, 2.75) is 19.8 Å². The van der Waals surface area contributed by atoms with Crippen molar-refractivity contribution in [3.63, 3.8) is 0 Å². The summed E-state index contributed by atoms with van der Waals surface area (Å²) >= 11 is 0. The first-order valence-electron chi connectivity index (χ1n) is 7.10. The summed E-state index contributed by atoms with van der Waals surface area (Å²) in [5.41, 5.74) is 2.52. The van der Waals surface area contributed by atoms with Gasteiger partial charge in [-0.15, -0.1) is 0 Å². The van der Waals surface area contributed by atoms with Gasteiger partial charge in [0.1, 0.15) is 6.33 Å². The summed E-state index contributed by atoms with van der Waals surface area (Å²) in [6, 6.07) is 0. The Hall–Kier alpha value is -1.60. The van der Waals surface area contributed by atoms with Crippen molar-refractivity contribution in [2.75, 3.05) is 44.0 Å². The Balaban J connectivity index is 1.91. The van der Waals surface area contributed by atoms with Crippen LogP contribution in [0.5, 0.6) is 5.75 Å². The van der Waals surface area contributed by atoms with Gasteiger partial charge in [-0.1, -0.05) is 6.92 Å². The molecule has 7 heteroatoms. The topological polar surface area (TPSA) is 88.3 Å². The maximum absolute atomic E-state index is 5.41. The van der Waals surface area contributed by atoms with E-state index in [1.807, 2.05) is 0 Å². The van der Waals surface area contributed by atoms with Gasteiger partial charge < -0.3 is 20.4 Å². The van der Waals surface area contributed by atoms with Crippen LogP contribution in [0, 0.1) is 5.92 Å². The van der Waals surface area contributed by atoms with Crippen LogP contribution in [0.2, 0.25) is 0 Å². The molecule has 1 aliphatic rings. The number of rotatable bonds is 6. The zero-order valence-corrected chi connectivity index (χ0v) is 12.2. The molecule has 0 unspecified atom stereocenters. The third-order valence-electron chi connectivity index (χ3n) is 3.86. The first kappa shape index (κ1) is 14.8. The molecule has 112 valence electrons. The summed E-state index contributed by atoms with van der Waals surface area (Å²) in [6.07, 6.45) is 3.91. The summed E-state index contributed by atoms with van der Waals surface area (Å²) in [7, 11) is 1.59. The van der Waals surface area contributed by atoms with Crippen molar-refractivity contribution in [3.05, 3.63) is 6.33 Å². The Morgan fingerprint density at radius 1 is 1.35 bits per heavy atom. The van der Waals surface area contributed by atoms with Gasteiger partial charge in [0.15, 0.2) is 11.6 Å². The lowest BCUT2D eigenvalue weighted by atomic mass is 9.97. The third kappa shape index (κ3) is 3.49. The second-order valence-corrected chi connectivity index (χ2v) is 5.01. The van der Waals surface area contributed by atoms with Crippen LogP contribution >= 0.6 is 0 Å². The number of hydrogen-bond donors (Lipinski definition) is 3. The minimum atomic E-state index is 0.491. The average molecular weight is 280 g/mol. The lowest BCUT2D eigenvalue weighted by Crippen LogP contribution is -2.35. The number of hydrogen-bond acceptors (Lipinski definition) is 7. The molecule has 0 atom stereocenters. The summed E-state index contributed by atoms with van der Waals surface area (Å²) in [5.74, 6) is 7.82. The summed E-state index contributed by atoms with van der Waals surface area (Å²) in [5, 5.41) is 3.35. The van der Waals surface area contributed by atoms with Gasteiger partial charge in [0.05, 0.1) is 7.11 Å². The fraction of sp³-hybridized carbons (Fsp3) is 0.692. The number of aromatic nitrogens is 2. The summed E-state index contributed by atoms with van der Waals surface area (Å²) in [6.45, 7) is 6.62. The quantitative estimate of drug-likeness (QED) is 0.527. The molecule has 1 saturated heterocycles. The van der Waals surface area contributed by atoms with E-state index >= 15 is 0 Å². The smallest absolute Gasteiger partial charge is 0.205 e. The highest BCUT2D eigenvalue weighted by Crippen LogP contribution is 2.28. The van der Waals surface area contributed by atoms with Crippen LogP contribution in [0.15, 0.2) is 6.33 Å². The predicted molar refractivity (Wildman–Crippen MR) is 79.7 cm³/mol. The SMILES string of the molecule is CCN1CCC(CNc2ncnc(NN)c2OC)CC1. The number of hydrazine groups is 1. The number of likely N-dealkylation sites (tertiary alicyclic amines) is 1. The molecule has 0 bridgehead atoms. The second kappa shape index (κ2) is 7.25. The van der Waals surface area contributed by atoms with Gasteiger partial charge in [0, 0.05) is 6.54 Å². The highest BCUT2D eigenvalue weighted by Gasteiger charge is 2.19. The molecule has 0 saturated carbocycles. The Morgan fingerprint density at radius 3 is 2.65 bits per heavy atom. The van der Waals surface area contributed by atoms with Crippen LogP contribution < -0.4 is 21.3 Å². The molecule has 0 aromatic carbocycles. The second-order valence-electron chi connectivity index (χ2n) is 5.01. The van der Waals surface area contributed by atoms with E-state index in [0.29, 0.717) is 23.3 Å². The molecule has 1 aromatic heterocycles. The monoisotopic (exact) mass is 280 g/mol. The van der Waals surface area contributed by atoms with Crippen molar-refractivity contribution in [2.24, 2.45) is 11.8 Å². The molecule has 2 heterocycles. The molecule has 1 aliphatic heterocycles. The molecule has 4 N–H and O–H groups in total. The number of nitrogens with two attached hydrogens (primary N) is 1. The molecule has 0 radical (unpaired) electrons. The molecular weight excluding hydrogens is 256 g/mol. The first-order chi connectivity index (χ1) is 9.78. The minimum absolute atomic E-state index is 0.491. The highest BCUT2D eigenvalue weighted by atomic mass is 16.5. The van der Waals surface area contributed by atoms with Gasteiger partial charge in [-0.25, -0.2) is 15.8 Å². The number of methoxy groups -OCH3 is 1. The fourth-order valence-corrected chi connectivity index (χ4v) is 2.54. The van der Waals surface area contributed by atoms with E-state index in [1.165, 1.54) is 32.3 Å². The molecular formula is C13H24N6O. The maximum atomic E-state index is 5.41. The van der Waals surface area contributed by atoms with Gasteiger partial charge >= 0.3 is 0 Å². The van der Waals surface area contributed by atoms with Gasteiger partial charge in [0.2, 0.25) is 5.75 Å². The number of ether oxygens (including phenoxy) is 1. The number of nitrogen functional groups attached to an aromatic ring is 1. The van der Waals surface area contributed by atoms with Crippen molar-refractivity contribution in [1.29, 1.82) is 0 Å². The maximum Gasteiger partial charge on any atom is 0.205 e. The van der Waals surface area contributed by atoms with E-state index in [0.717, 1.165) is 13.1 Å². The van der Waals surface area contributed by atoms with Crippen LogP contribution in [0.25, 0.3) is 0 Å².